The van der Waals surface area contributed by atoms with Crippen molar-refractivity contribution in [1.29, 1.82) is 0 Å². The van der Waals surface area contributed by atoms with Crippen LogP contribution in [-0.4, -0.2) is 19.0 Å². The van der Waals surface area contributed by atoms with Crippen molar-refractivity contribution in [3.63, 3.8) is 0 Å². The Morgan fingerprint density at radius 3 is 2.22 bits per heavy atom. The molecule has 0 aliphatic heterocycles. The molecule has 0 saturated heterocycles. The van der Waals surface area contributed by atoms with E-state index >= 15 is 0 Å². The van der Waals surface area contributed by atoms with E-state index in [1.54, 1.807) is 6.08 Å². The van der Waals surface area contributed by atoms with Crippen LogP contribution in [0, 0.1) is 0 Å². The van der Waals surface area contributed by atoms with E-state index in [-0.39, 0.29) is 0 Å². The van der Waals surface area contributed by atoms with Gasteiger partial charge in [0.05, 0.1) is 0 Å². The van der Waals surface area contributed by atoms with Crippen LogP contribution >= 0.6 is 0 Å². The van der Waals surface area contributed by atoms with E-state index in [9.17, 15) is 0 Å². The van der Waals surface area contributed by atoms with Crippen LogP contribution in [0.1, 0.15) is 0 Å². The summed E-state index contributed by atoms with van der Waals surface area (Å²) >= 11 is 0. The highest BCUT2D eigenvalue weighted by Gasteiger charge is 1.68. The van der Waals surface area contributed by atoms with Gasteiger partial charge >= 0.3 is 0 Å². The number of rotatable bonds is 3. The van der Waals surface area contributed by atoms with Crippen molar-refractivity contribution in [2.45, 2.75) is 0 Å². The highest BCUT2D eigenvalue weighted by atomic mass is 15.0. The van der Waals surface area contributed by atoms with Crippen LogP contribution < -0.4 is 0 Å². The van der Waals surface area contributed by atoms with Gasteiger partial charge in [-0.3, -0.25) is 0 Å². The fraction of sp³-hybridized carbons (Fsp3) is 0.250. The average molecular weight is 123 g/mol. The van der Waals surface area contributed by atoms with Crippen LogP contribution in [0.2, 0.25) is 0 Å². The van der Waals surface area contributed by atoms with E-state index < -0.39 is 0 Å². The lowest BCUT2D eigenvalue weighted by molar-refractivity contribution is 0.564. The van der Waals surface area contributed by atoms with Crippen molar-refractivity contribution < 1.29 is 0 Å². The molecule has 0 atom stereocenters. The minimum Gasteiger partial charge on any atom is -0.383 e. The van der Waals surface area contributed by atoms with Gasteiger partial charge in [0.25, 0.3) is 0 Å². The van der Waals surface area contributed by atoms with E-state index in [0.717, 1.165) is 0 Å². The minimum absolute atomic E-state index is 1.75. The van der Waals surface area contributed by atoms with Crippen LogP contribution in [0.25, 0.3) is 0 Å². The Balaban J connectivity index is 3.46. The van der Waals surface area contributed by atoms with Gasteiger partial charge < -0.3 is 4.90 Å². The summed E-state index contributed by atoms with van der Waals surface area (Å²) in [6.07, 6.45) is 9.51. The zero-order valence-electron chi connectivity index (χ0n) is 6.04. The predicted molar refractivity (Wildman–Crippen MR) is 42.2 cm³/mol. The topological polar surface area (TPSA) is 3.24 Å². The smallest absolute Gasteiger partial charge is 0.00556 e. The van der Waals surface area contributed by atoms with Crippen molar-refractivity contribution in [2.75, 3.05) is 14.1 Å². The van der Waals surface area contributed by atoms with Gasteiger partial charge in [-0.05, 0) is 12.3 Å². The van der Waals surface area contributed by atoms with E-state index in [1.165, 1.54) is 0 Å². The third kappa shape index (κ3) is 7.02. The highest BCUT2D eigenvalue weighted by Crippen LogP contribution is 1.79. The molecule has 0 aliphatic carbocycles. The van der Waals surface area contributed by atoms with Crippen LogP contribution in [0.4, 0.5) is 0 Å². The van der Waals surface area contributed by atoms with Gasteiger partial charge in [0, 0.05) is 14.1 Å². The largest absolute Gasteiger partial charge is 0.383 e. The Labute approximate surface area is 57.0 Å². The second kappa shape index (κ2) is 5.16. The summed E-state index contributed by atoms with van der Waals surface area (Å²) < 4.78 is 0. The normalized spacial score (nSPS) is 10.9. The molecule has 1 heteroatoms. The molecule has 9 heavy (non-hydrogen) atoms. The van der Waals surface area contributed by atoms with E-state index in [2.05, 4.69) is 6.58 Å². The first-order valence-electron chi connectivity index (χ1n) is 2.89. The summed E-state index contributed by atoms with van der Waals surface area (Å²) in [6.45, 7) is 3.54. The number of hydrogen-bond acceptors (Lipinski definition) is 1. The standard InChI is InChI=1S/C8H13N/c1-4-5-6-7-8-9(2)3/h4-8H,1H2,2-3H3. The van der Waals surface area contributed by atoms with E-state index in [0.29, 0.717) is 0 Å². The zero-order chi connectivity index (χ0) is 7.11. The maximum atomic E-state index is 3.54. The number of hydrogen-bond donors (Lipinski definition) is 0. The van der Waals surface area contributed by atoms with Crippen LogP contribution in [-0.2, 0) is 0 Å². The van der Waals surface area contributed by atoms with Crippen molar-refractivity contribution in [1.82, 2.24) is 4.90 Å². The van der Waals surface area contributed by atoms with Gasteiger partial charge in [-0.15, -0.1) is 0 Å². The lowest BCUT2D eigenvalue weighted by Crippen LogP contribution is -1.99. The summed E-state index contributed by atoms with van der Waals surface area (Å²) in [4.78, 5) is 1.98. The Kier molecular flexibility index (Phi) is 4.60. The van der Waals surface area contributed by atoms with E-state index in [4.69, 9.17) is 0 Å². The van der Waals surface area contributed by atoms with Crippen LogP contribution in [0.5, 0.6) is 0 Å². The monoisotopic (exact) mass is 123 g/mol. The van der Waals surface area contributed by atoms with Gasteiger partial charge in [0.1, 0.15) is 0 Å². The summed E-state index contributed by atoms with van der Waals surface area (Å²) in [5.74, 6) is 0. The summed E-state index contributed by atoms with van der Waals surface area (Å²) in [6, 6.07) is 0. The molecule has 0 unspecified atom stereocenters. The second-order valence-corrected chi connectivity index (χ2v) is 1.93. The van der Waals surface area contributed by atoms with Crippen molar-refractivity contribution in [3.05, 3.63) is 37.1 Å². The second-order valence-electron chi connectivity index (χ2n) is 1.93. The van der Waals surface area contributed by atoms with Crippen molar-refractivity contribution in [3.8, 4) is 0 Å². The molecule has 1 nitrogen and oxygen atoms in total. The van der Waals surface area contributed by atoms with Gasteiger partial charge in [0.15, 0.2) is 0 Å². The van der Waals surface area contributed by atoms with Gasteiger partial charge in [-0.2, -0.15) is 0 Å². The molecular formula is C8H13N. The molecule has 0 spiro atoms. The fourth-order valence-electron chi connectivity index (χ4n) is 0.365. The molecule has 0 fully saturated rings. The lowest BCUT2D eigenvalue weighted by atomic mass is 10.5. The first kappa shape index (κ1) is 8.02. The average Bonchev–Trinajstić information content (AvgIpc) is 1.80. The molecule has 0 N–H and O–H groups in total. The third-order valence-corrected chi connectivity index (χ3v) is 0.743. The molecule has 0 rings (SSSR count). The molecule has 0 amide bonds. The summed E-state index contributed by atoms with van der Waals surface area (Å²) in [5.41, 5.74) is 0. The quantitative estimate of drug-likeness (QED) is 0.517. The van der Waals surface area contributed by atoms with Gasteiger partial charge in [-0.25, -0.2) is 0 Å². The lowest BCUT2D eigenvalue weighted by Gasteiger charge is -2.00. The molecule has 0 radical (unpaired) electrons. The van der Waals surface area contributed by atoms with Crippen molar-refractivity contribution >= 4 is 0 Å². The molecule has 0 bridgehead atoms. The minimum atomic E-state index is 1.75. The highest BCUT2D eigenvalue weighted by molar-refractivity contribution is 5.08. The van der Waals surface area contributed by atoms with Crippen LogP contribution in [0.3, 0.4) is 0 Å². The van der Waals surface area contributed by atoms with E-state index in [1.807, 2.05) is 43.4 Å². The molecule has 0 heterocycles. The Morgan fingerprint density at radius 2 is 1.78 bits per heavy atom. The zero-order valence-corrected chi connectivity index (χ0v) is 6.04. The molecule has 0 saturated carbocycles. The molecule has 0 aliphatic rings. The molecular weight excluding hydrogens is 110 g/mol. The first-order chi connectivity index (χ1) is 4.27. The fourth-order valence-corrected chi connectivity index (χ4v) is 0.365. The van der Waals surface area contributed by atoms with Crippen molar-refractivity contribution in [2.24, 2.45) is 0 Å². The maximum Gasteiger partial charge on any atom is 0.00556 e. The number of nitrogens with zero attached hydrogens (tertiary/aromatic N) is 1. The number of allylic oxidation sites excluding steroid dienone is 4. The Morgan fingerprint density at radius 1 is 1.11 bits per heavy atom. The SMILES string of the molecule is C=CC=CC=CN(C)C. The van der Waals surface area contributed by atoms with Crippen LogP contribution in [0.15, 0.2) is 37.1 Å². The summed E-state index contributed by atoms with van der Waals surface area (Å²) in [7, 11) is 3.97. The Hall–Kier alpha value is -0.980. The van der Waals surface area contributed by atoms with Gasteiger partial charge in [0.2, 0.25) is 0 Å². The molecule has 0 aromatic rings. The predicted octanol–water partition coefficient (Wildman–Crippen LogP) is 1.80. The molecule has 0 aromatic carbocycles. The Bertz CT molecular complexity index is 121. The molecule has 50 valence electrons. The molecule has 0 aromatic heterocycles. The maximum absolute atomic E-state index is 3.54. The third-order valence-electron chi connectivity index (χ3n) is 0.743. The van der Waals surface area contributed by atoms with Gasteiger partial charge in [-0.1, -0.05) is 24.8 Å². The summed E-state index contributed by atoms with van der Waals surface area (Å²) in [5, 5.41) is 0. The first-order valence-corrected chi connectivity index (χ1v) is 2.89.